The molecule has 31 heavy (non-hydrogen) atoms. The molecular formula is C23H22N4O4. The molecule has 0 aliphatic carbocycles. The quantitative estimate of drug-likeness (QED) is 0.590. The van der Waals surface area contributed by atoms with E-state index in [9.17, 15) is 9.59 Å². The molecule has 0 saturated heterocycles. The van der Waals surface area contributed by atoms with Gasteiger partial charge in [-0.1, -0.05) is 17.7 Å². The summed E-state index contributed by atoms with van der Waals surface area (Å²) in [5, 5.41) is 15.9. The standard InChI is InChI=1S/C23H22N4O4/c1-15-4-8-19(9-5-15)27-21(12-16(2)26-27)25-22(28)14-30-23(29)17(3)31-20-10-6-18(13-24)7-11-20/h4-12,17H,14H2,1-3H3,(H,25,28)/t17-/m0/s1. The number of carbonyl (C=O) groups is 2. The van der Waals surface area contributed by atoms with Gasteiger partial charge < -0.3 is 14.8 Å². The molecule has 0 unspecified atom stereocenters. The van der Waals surface area contributed by atoms with E-state index in [1.807, 2.05) is 44.2 Å². The number of rotatable bonds is 7. The summed E-state index contributed by atoms with van der Waals surface area (Å²) in [7, 11) is 0. The highest BCUT2D eigenvalue weighted by atomic mass is 16.6. The number of aryl methyl sites for hydroxylation is 2. The molecule has 0 saturated carbocycles. The van der Waals surface area contributed by atoms with Crippen molar-refractivity contribution in [1.82, 2.24) is 9.78 Å². The van der Waals surface area contributed by atoms with E-state index in [4.69, 9.17) is 14.7 Å². The Kier molecular flexibility index (Phi) is 6.67. The minimum Gasteiger partial charge on any atom is -0.479 e. The molecule has 0 fully saturated rings. The molecule has 8 nitrogen and oxygen atoms in total. The molecule has 3 aromatic rings. The predicted octanol–water partition coefficient (Wildman–Crippen LogP) is 3.31. The molecule has 1 amide bonds. The number of aromatic nitrogens is 2. The van der Waals surface area contributed by atoms with Gasteiger partial charge in [0.2, 0.25) is 0 Å². The second-order valence-electron chi connectivity index (χ2n) is 6.97. The number of carbonyl (C=O) groups excluding carboxylic acids is 2. The Morgan fingerprint density at radius 1 is 1.13 bits per heavy atom. The van der Waals surface area contributed by atoms with Gasteiger partial charge in [-0.05, 0) is 57.2 Å². The number of nitrogens with zero attached hydrogens (tertiary/aromatic N) is 3. The van der Waals surface area contributed by atoms with Crippen LogP contribution in [0.2, 0.25) is 0 Å². The van der Waals surface area contributed by atoms with Gasteiger partial charge in [0.25, 0.3) is 5.91 Å². The second kappa shape index (κ2) is 9.59. The lowest BCUT2D eigenvalue weighted by Gasteiger charge is -2.14. The lowest BCUT2D eigenvalue weighted by molar-refractivity contribution is -0.153. The van der Waals surface area contributed by atoms with Gasteiger partial charge in [0.1, 0.15) is 11.6 Å². The molecule has 1 atom stereocenters. The summed E-state index contributed by atoms with van der Waals surface area (Å²) in [5.74, 6) is -0.274. The third kappa shape index (κ3) is 5.70. The van der Waals surface area contributed by atoms with Crippen LogP contribution in [0.4, 0.5) is 5.82 Å². The summed E-state index contributed by atoms with van der Waals surface area (Å²) >= 11 is 0. The molecule has 8 heteroatoms. The molecule has 158 valence electrons. The molecule has 0 radical (unpaired) electrons. The zero-order valence-electron chi connectivity index (χ0n) is 17.5. The van der Waals surface area contributed by atoms with Gasteiger partial charge in [0.15, 0.2) is 12.7 Å². The number of anilines is 1. The van der Waals surface area contributed by atoms with Crippen molar-refractivity contribution in [2.45, 2.75) is 26.9 Å². The van der Waals surface area contributed by atoms with E-state index < -0.39 is 24.6 Å². The fourth-order valence-electron chi connectivity index (χ4n) is 2.76. The van der Waals surface area contributed by atoms with Crippen LogP contribution in [0.3, 0.4) is 0 Å². The van der Waals surface area contributed by atoms with Crippen LogP contribution in [0, 0.1) is 25.2 Å². The molecule has 0 bridgehead atoms. The number of hydrogen-bond donors (Lipinski definition) is 1. The fraction of sp³-hybridized carbons (Fsp3) is 0.217. The number of hydrogen-bond acceptors (Lipinski definition) is 6. The van der Waals surface area contributed by atoms with Crippen LogP contribution in [0.5, 0.6) is 5.75 Å². The molecule has 1 heterocycles. The van der Waals surface area contributed by atoms with Gasteiger partial charge >= 0.3 is 5.97 Å². The summed E-state index contributed by atoms with van der Waals surface area (Å²) in [5.41, 5.74) is 3.13. The number of amides is 1. The van der Waals surface area contributed by atoms with Gasteiger partial charge in [-0.2, -0.15) is 10.4 Å². The van der Waals surface area contributed by atoms with Crippen molar-refractivity contribution in [2.24, 2.45) is 0 Å². The minimum atomic E-state index is -0.916. The maximum Gasteiger partial charge on any atom is 0.347 e. The average molecular weight is 418 g/mol. The maximum atomic E-state index is 12.3. The molecule has 0 spiro atoms. The van der Waals surface area contributed by atoms with Crippen molar-refractivity contribution >= 4 is 17.7 Å². The number of esters is 1. The first-order valence-corrected chi connectivity index (χ1v) is 9.62. The lowest BCUT2D eigenvalue weighted by atomic mass is 10.2. The number of nitrogens with one attached hydrogen (secondary N) is 1. The smallest absolute Gasteiger partial charge is 0.347 e. The fourth-order valence-corrected chi connectivity index (χ4v) is 2.76. The zero-order valence-corrected chi connectivity index (χ0v) is 17.5. The summed E-state index contributed by atoms with van der Waals surface area (Å²) in [6, 6.07) is 17.8. The van der Waals surface area contributed by atoms with Gasteiger partial charge in [-0.25, -0.2) is 9.48 Å². The molecule has 1 aromatic heterocycles. The van der Waals surface area contributed by atoms with Crippen LogP contribution in [-0.2, 0) is 14.3 Å². The van der Waals surface area contributed by atoms with E-state index >= 15 is 0 Å². The molecular weight excluding hydrogens is 396 g/mol. The van der Waals surface area contributed by atoms with Crippen LogP contribution in [-0.4, -0.2) is 34.4 Å². The molecule has 0 aliphatic heterocycles. The maximum absolute atomic E-state index is 12.3. The van der Waals surface area contributed by atoms with Crippen molar-refractivity contribution in [3.8, 4) is 17.5 Å². The minimum absolute atomic E-state index is 0.422. The zero-order chi connectivity index (χ0) is 22.4. The van der Waals surface area contributed by atoms with Crippen molar-refractivity contribution in [3.63, 3.8) is 0 Å². The first-order chi connectivity index (χ1) is 14.9. The van der Waals surface area contributed by atoms with E-state index in [0.717, 1.165) is 16.9 Å². The third-order valence-corrected chi connectivity index (χ3v) is 4.35. The second-order valence-corrected chi connectivity index (χ2v) is 6.97. The Hall–Kier alpha value is -4.12. The predicted molar refractivity (Wildman–Crippen MR) is 114 cm³/mol. The summed E-state index contributed by atoms with van der Waals surface area (Å²) in [6.07, 6.45) is -0.916. The summed E-state index contributed by atoms with van der Waals surface area (Å²) in [4.78, 5) is 24.5. The molecule has 0 aliphatic rings. The van der Waals surface area contributed by atoms with E-state index in [1.165, 1.54) is 6.92 Å². The Morgan fingerprint density at radius 2 is 1.81 bits per heavy atom. The highest BCUT2D eigenvalue weighted by Crippen LogP contribution is 2.18. The lowest BCUT2D eigenvalue weighted by Crippen LogP contribution is -2.30. The van der Waals surface area contributed by atoms with Crippen LogP contribution >= 0.6 is 0 Å². The SMILES string of the molecule is Cc1ccc(-n2nc(C)cc2NC(=O)COC(=O)[C@H](C)Oc2ccc(C#N)cc2)cc1. The number of ether oxygens (including phenoxy) is 2. The average Bonchev–Trinajstić information content (AvgIpc) is 3.12. The van der Waals surface area contributed by atoms with Gasteiger partial charge in [-0.3, -0.25) is 4.79 Å². The Labute approximate surface area is 180 Å². The van der Waals surface area contributed by atoms with Crippen molar-refractivity contribution < 1.29 is 19.1 Å². The molecule has 3 rings (SSSR count). The Morgan fingerprint density at radius 3 is 2.45 bits per heavy atom. The first kappa shape index (κ1) is 21.6. The highest BCUT2D eigenvalue weighted by molar-refractivity contribution is 5.92. The molecule has 2 aromatic carbocycles. The van der Waals surface area contributed by atoms with E-state index in [0.29, 0.717) is 17.1 Å². The Balaban J connectivity index is 1.55. The largest absolute Gasteiger partial charge is 0.479 e. The highest BCUT2D eigenvalue weighted by Gasteiger charge is 2.19. The third-order valence-electron chi connectivity index (χ3n) is 4.35. The summed E-state index contributed by atoms with van der Waals surface area (Å²) < 4.78 is 12.2. The number of nitriles is 1. The van der Waals surface area contributed by atoms with Crippen molar-refractivity contribution in [2.75, 3.05) is 11.9 Å². The van der Waals surface area contributed by atoms with Crippen molar-refractivity contribution in [3.05, 3.63) is 71.4 Å². The normalized spacial score (nSPS) is 11.3. The topological polar surface area (TPSA) is 106 Å². The van der Waals surface area contributed by atoms with Crippen LogP contribution < -0.4 is 10.1 Å². The van der Waals surface area contributed by atoms with E-state index in [-0.39, 0.29) is 0 Å². The number of benzene rings is 2. The Bertz CT molecular complexity index is 1110. The van der Waals surface area contributed by atoms with Crippen LogP contribution in [0.15, 0.2) is 54.6 Å². The van der Waals surface area contributed by atoms with E-state index in [1.54, 1.807) is 35.0 Å². The molecule has 1 N–H and O–H groups in total. The van der Waals surface area contributed by atoms with Gasteiger partial charge in [0, 0.05) is 6.07 Å². The van der Waals surface area contributed by atoms with Gasteiger partial charge in [-0.15, -0.1) is 0 Å². The van der Waals surface area contributed by atoms with Crippen molar-refractivity contribution in [1.29, 1.82) is 5.26 Å². The summed E-state index contributed by atoms with van der Waals surface area (Å²) in [6.45, 7) is 4.87. The monoisotopic (exact) mass is 418 g/mol. The van der Waals surface area contributed by atoms with E-state index in [2.05, 4.69) is 10.4 Å². The van der Waals surface area contributed by atoms with Crippen LogP contribution in [0.1, 0.15) is 23.7 Å². The van der Waals surface area contributed by atoms with Gasteiger partial charge in [0.05, 0.1) is 23.0 Å². The van der Waals surface area contributed by atoms with Crippen LogP contribution in [0.25, 0.3) is 5.69 Å². The first-order valence-electron chi connectivity index (χ1n) is 9.62.